The number of nitrogens with one attached hydrogen (secondary N) is 2. The molecule has 0 radical (unpaired) electrons. The molecule has 0 aliphatic rings. The van der Waals surface area contributed by atoms with Gasteiger partial charge in [0.2, 0.25) is 0 Å². The van der Waals surface area contributed by atoms with Crippen LogP contribution in [-0.4, -0.2) is 27.3 Å². The largest absolute Gasteiger partial charge is 0.467 e. The molecule has 0 saturated heterocycles. The zero-order valence-electron chi connectivity index (χ0n) is 15.6. The van der Waals surface area contributed by atoms with Crippen molar-refractivity contribution in [2.24, 2.45) is 4.99 Å². The number of benzene rings is 1. The van der Waals surface area contributed by atoms with Crippen molar-refractivity contribution in [2.45, 2.75) is 33.0 Å². The first kappa shape index (κ1) is 22.2. The number of aromatic nitrogens is 3. The van der Waals surface area contributed by atoms with Crippen molar-refractivity contribution in [1.82, 2.24) is 25.4 Å². The summed E-state index contributed by atoms with van der Waals surface area (Å²) in [6, 6.07) is 11.5. The van der Waals surface area contributed by atoms with Gasteiger partial charge in [0.15, 0.2) is 5.96 Å². The zero-order chi connectivity index (χ0) is 18.9. The molecule has 0 fully saturated rings. The SMILES string of the molecule is CCc1nncn1CCNC(=NCc1ccc(Cl)cc1)NCc1ccco1.I. The van der Waals surface area contributed by atoms with Crippen LogP contribution in [0.4, 0.5) is 0 Å². The molecule has 2 aromatic heterocycles. The minimum atomic E-state index is 0. The number of aryl methyl sites for hydroxylation is 1. The second kappa shape index (κ2) is 11.7. The van der Waals surface area contributed by atoms with E-state index in [0.29, 0.717) is 25.6 Å². The molecule has 3 rings (SSSR count). The molecule has 0 unspecified atom stereocenters. The molecular weight excluding hydrogens is 491 g/mol. The summed E-state index contributed by atoms with van der Waals surface area (Å²) in [6.45, 7) is 4.65. The molecule has 7 nitrogen and oxygen atoms in total. The standard InChI is InChI=1S/C19H23ClN6O.HI/c1-2-18-25-24-14-26(18)10-9-21-19(23-13-17-4-3-11-27-17)22-12-15-5-7-16(20)8-6-15;/h3-8,11,14H,2,9-10,12-13H2,1H3,(H2,21,22,23);1H. The molecule has 9 heteroatoms. The van der Waals surface area contributed by atoms with E-state index in [2.05, 4.69) is 32.7 Å². The maximum atomic E-state index is 5.94. The second-order valence-corrected chi connectivity index (χ2v) is 6.38. The van der Waals surface area contributed by atoms with Crippen LogP contribution in [0, 0.1) is 0 Å². The average Bonchev–Trinajstić information content (AvgIpc) is 3.36. The summed E-state index contributed by atoms with van der Waals surface area (Å²) in [6.07, 6.45) is 4.27. The Bertz CT molecular complexity index is 848. The number of aliphatic imine (C=N–C) groups is 1. The second-order valence-electron chi connectivity index (χ2n) is 5.95. The molecule has 150 valence electrons. The molecule has 0 atom stereocenters. The summed E-state index contributed by atoms with van der Waals surface area (Å²) in [5.41, 5.74) is 1.09. The fourth-order valence-corrected chi connectivity index (χ4v) is 2.68. The number of nitrogens with zero attached hydrogens (tertiary/aromatic N) is 4. The van der Waals surface area contributed by atoms with Gasteiger partial charge in [-0.3, -0.25) is 0 Å². The van der Waals surface area contributed by atoms with Gasteiger partial charge in [-0.05, 0) is 29.8 Å². The van der Waals surface area contributed by atoms with E-state index in [1.54, 1.807) is 12.6 Å². The van der Waals surface area contributed by atoms with Crippen LogP contribution >= 0.6 is 35.6 Å². The van der Waals surface area contributed by atoms with E-state index < -0.39 is 0 Å². The summed E-state index contributed by atoms with van der Waals surface area (Å²) in [4.78, 5) is 4.65. The topological polar surface area (TPSA) is 80.3 Å². The number of halogens is 2. The molecule has 0 aliphatic carbocycles. The lowest BCUT2D eigenvalue weighted by atomic mass is 10.2. The predicted octanol–water partition coefficient (Wildman–Crippen LogP) is 3.64. The van der Waals surface area contributed by atoms with Gasteiger partial charge in [0.25, 0.3) is 0 Å². The lowest BCUT2D eigenvalue weighted by Crippen LogP contribution is -2.38. The summed E-state index contributed by atoms with van der Waals surface area (Å²) in [5.74, 6) is 2.54. The molecule has 2 N–H and O–H groups in total. The van der Waals surface area contributed by atoms with E-state index in [1.807, 2.05) is 41.0 Å². The van der Waals surface area contributed by atoms with E-state index >= 15 is 0 Å². The summed E-state index contributed by atoms with van der Waals surface area (Å²) in [7, 11) is 0. The van der Waals surface area contributed by atoms with Gasteiger partial charge in [0.1, 0.15) is 17.9 Å². The van der Waals surface area contributed by atoms with Crippen molar-refractivity contribution in [2.75, 3.05) is 6.54 Å². The fourth-order valence-electron chi connectivity index (χ4n) is 2.55. The molecule has 0 amide bonds. The molecule has 0 saturated carbocycles. The third-order valence-electron chi connectivity index (χ3n) is 4.00. The van der Waals surface area contributed by atoms with Gasteiger partial charge in [0.05, 0.1) is 19.4 Å². The number of hydrogen-bond acceptors (Lipinski definition) is 4. The zero-order valence-corrected chi connectivity index (χ0v) is 18.7. The first-order valence-corrected chi connectivity index (χ1v) is 9.28. The molecule has 2 heterocycles. The molecule has 3 aromatic rings. The van der Waals surface area contributed by atoms with Crippen LogP contribution in [0.25, 0.3) is 0 Å². The van der Waals surface area contributed by atoms with Crippen molar-refractivity contribution in [3.63, 3.8) is 0 Å². The Morgan fingerprint density at radius 2 is 2.04 bits per heavy atom. The van der Waals surface area contributed by atoms with E-state index in [0.717, 1.165) is 35.1 Å². The fraction of sp³-hybridized carbons (Fsp3) is 0.316. The lowest BCUT2D eigenvalue weighted by molar-refractivity contribution is 0.501. The third-order valence-corrected chi connectivity index (χ3v) is 4.25. The van der Waals surface area contributed by atoms with Gasteiger partial charge in [-0.2, -0.15) is 0 Å². The van der Waals surface area contributed by atoms with E-state index in [-0.39, 0.29) is 24.0 Å². The van der Waals surface area contributed by atoms with Gasteiger partial charge in [-0.25, -0.2) is 4.99 Å². The quantitative estimate of drug-likeness (QED) is 0.273. The van der Waals surface area contributed by atoms with Crippen molar-refractivity contribution >= 4 is 41.5 Å². The maximum Gasteiger partial charge on any atom is 0.192 e. The first-order chi connectivity index (χ1) is 13.2. The third kappa shape index (κ3) is 6.83. The molecular formula is C19H24ClIN6O. The predicted molar refractivity (Wildman–Crippen MR) is 121 cm³/mol. The first-order valence-electron chi connectivity index (χ1n) is 8.90. The van der Waals surface area contributed by atoms with Crippen LogP contribution in [0.1, 0.15) is 24.1 Å². The molecule has 1 aromatic carbocycles. The van der Waals surface area contributed by atoms with Gasteiger partial charge in [-0.15, -0.1) is 34.2 Å². The summed E-state index contributed by atoms with van der Waals surface area (Å²) in [5, 5.41) is 15.4. The Kier molecular flexibility index (Phi) is 9.29. The van der Waals surface area contributed by atoms with Gasteiger partial charge >= 0.3 is 0 Å². The van der Waals surface area contributed by atoms with Gasteiger partial charge < -0.3 is 19.6 Å². The van der Waals surface area contributed by atoms with Gasteiger partial charge in [-0.1, -0.05) is 30.7 Å². The summed E-state index contributed by atoms with van der Waals surface area (Å²) >= 11 is 5.94. The average molecular weight is 515 g/mol. The Labute approximate surface area is 186 Å². The van der Waals surface area contributed by atoms with Crippen LogP contribution in [0.3, 0.4) is 0 Å². The van der Waals surface area contributed by atoms with Crippen molar-refractivity contribution < 1.29 is 4.42 Å². The van der Waals surface area contributed by atoms with E-state index in [4.69, 9.17) is 16.0 Å². The normalized spacial score (nSPS) is 11.1. The highest BCUT2D eigenvalue weighted by Crippen LogP contribution is 2.10. The smallest absolute Gasteiger partial charge is 0.192 e. The highest BCUT2D eigenvalue weighted by molar-refractivity contribution is 14.0. The molecule has 0 aliphatic heterocycles. The number of guanidine groups is 1. The van der Waals surface area contributed by atoms with Crippen molar-refractivity contribution in [1.29, 1.82) is 0 Å². The maximum absolute atomic E-state index is 5.94. The molecule has 28 heavy (non-hydrogen) atoms. The Balaban J connectivity index is 0.00000280. The summed E-state index contributed by atoms with van der Waals surface area (Å²) < 4.78 is 7.41. The van der Waals surface area contributed by atoms with Crippen molar-refractivity contribution in [3.05, 3.63) is 71.2 Å². The van der Waals surface area contributed by atoms with Crippen LogP contribution < -0.4 is 10.6 Å². The number of furan rings is 1. The highest BCUT2D eigenvalue weighted by atomic mass is 127. The van der Waals surface area contributed by atoms with Crippen LogP contribution in [-0.2, 0) is 26.1 Å². The minimum absolute atomic E-state index is 0. The monoisotopic (exact) mass is 514 g/mol. The molecule has 0 spiro atoms. The van der Waals surface area contributed by atoms with E-state index in [9.17, 15) is 0 Å². The Morgan fingerprint density at radius 3 is 2.75 bits per heavy atom. The van der Waals surface area contributed by atoms with Crippen LogP contribution in [0.2, 0.25) is 5.02 Å². The Morgan fingerprint density at radius 1 is 1.21 bits per heavy atom. The highest BCUT2D eigenvalue weighted by Gasteiger charge is 2.04. The van der Waals surface area contributed by atoms with Crippen LogP contribution in [0.15, 0.2) is 58.4 Å². The van der Waals surface area contributed by atoms with Gasteiger partial charge in [0, 0.05) is 24.5 Å². The Hall–Kier alpha value is -2.07. The van der Waals surface area contributed by atoms with Crippen molar-refractivity contribution in [3.8, 4) is 0 Å². The lowest BCUT2D eigenvalue weighted by Gasteiger charge is -2.13. The number of hydrogen-bond donors (Lipinski definition) is 2. The minimum Gasteiger partial charge on any atom is -0.467 e. The van der Waals surface area contributed by atoms with Crippen LogP contribution in [0.5, 0.6) is 0 Å². The number of rotatable bonds is 8. The van der Waals surface area contributed by atoms with E-state index in [1.165, 1.54) is 0 Å². The molecule has 0 bridgehead atoms.